The number of benzene rings is 1. The van der Waals surface area contributed by atoms with E-state index in [1.165, 1.54) is 28.9 Å². The molecule has 1 aromatic carbocycles. The Morgan fingerprint density at radius 3 is 2.58 bits per heavy atom. The number of halogens is 2. The molecule has 12 heteroatoms. The number of aryl methyl sites for hydroxylation is 2. The zero-order chi connectivity index (χ0) is 27.7. The summed E-state index contributed by atoms with van der Waals surface area (Å²) < 4.78 is 29.4. The first-order valence-corrected chi connectivity index (χ1v) is 12.1. The van der Waals surface area contributed by atoms with Gasteiger partial charge < -0.3 is 16.0 Å². The van der Waals surface area contributed by atoms with Gasteiger partial charge in [0.15, 0.2) is 0 Å². The fourth-order valence-electron chi connectivity index (χ4n) is 4.71. The number of hydrogen-bond donors (Lipinski definition) is 2. The number of imide groups is 1. The Morgan fingerprint density at radius 2 is 1.97 bits per heavy atom. The predicted octanol–water partition coefficient (Wildman–Crippen LogP) is 2.88. The van der Waals surface area contributed by atoms with Crippen LogP contribution in [0.15, 0.2) is 42.7 Å². The van der Waals surface area contributed by atoms with Crippen LogP contribution in [0.5, 0.6) is 0 Å². The van der Waals surface area contributed by atoms with Crippen molar-refractivity contribution in [3.63, 3.8) is 0 Å². The quantitative estimate of drug-likeness (QED) is 0.457. The number of nitrogen functional groups attached to an aromatic ring is 1. The van der Waals surface area contributed by atoms with Gasteiger partial charge in [-0.3, -0.25) is 19.2 Å². The number of hydrogen-bond acceptors (Lipinski definition) is 6. The lowest BCUT2D eigenvalue weighted by atomic mass is 9.81. The molecule has 200 valence electrons. The van der Waals surface area contributed by atoms with Crippen LogP contribution in [-0.2, 0) is 23.1 Å². The summed E-state index contributed by atoms with van der Waals surface area (Å²) in [5.74, 6) is -3.16. The van der Waals surface area contributed by atoms with E-state index in [9.17, 15) is 23.2 Å². The minimum atomic E-state index is -1.13. The van der Waals surface area contributed by atoms with Crippen LogP contribution in [0.1, 0.15) is 36.2 Å². The van der Waals surface area contributed by atoms with Gasteiger partial charge in [-0.05, 0) is 43.5 Å². The van der Waals surface area contributed by atoms with Gasteiger partial charge in [0.05, 0.1) is 23.8 Å². The number of nitrogens with zero attached hydrogens (tertiary/aromatic N) is 5. The van der Waals surface area contributed by atoms with Crippen LogP contribution >= 0.6 is 0 Å². The number of β-lactam (4-membered cyclic amide) rings is 1. The molecule has 0 radical (unpaired) electrons. The van der Waals surface area contributed by atoms with Crippen LogP contribution in [0.3, 0.4) is 0 Å². The summed E-state index contributed by atoms with van der Waals surface area (Å²) in [5, 5.41) is 6.71. The number of urea groups is 1. The lowest BCUT2D eigenvalue weighted by Crippen LogP contribution is -2.70. The summed E-state index contributed by atoms with van der Waals surface area (Å²) in [6.07, 6.45) is 3.56. The van der Waals surface area contributed by atoms with Crippen molar-refractivity contribution in [1.82, 2.24) is 25.0 Å². The van der Waals surface area contributed by atoms with Crippen molar-refractivity contribution < 1.29 is 23.2 Å². The highest BCUT2D eigenvalue weighted by Gasteiger charge is 2.55. The smallest absolute Gasteiger partial charge is 0.325 e. The topological polar surface area (TPSA) is 126 Å². The van der Waals surface area contributed by atoms with Gasteiger partial charge in [0.1, 0.15) is 23.5 Å². The summed E-state index contributed by atoms with van der Waals surface area (Å²) in [7, 11) is 3.24. The molecule has 3 heterocycles. The molecule has 1 aliphatic heterocycles. The number of pyridine rings is 1. The Hall–Kier alpha value is -4.35. The zero-order valence-corrected chi connectivity index (χ0v) is 21.5. The molecule has 0 bridgehead atoms. The molecule has 4 rings (SSSR count). The molecule has 3 atom stereocenters. The van der Waals surface area contributed by atoms with Gasteiger partial charge in [-0.1, -0.05) is 13.0 Å². The molecule has 4 amide bonds. The molecule has 3 aromatic rings. The third-order valence-electron chi connectivity index (χ3n) is 6.63. The molecular formula is C26H29F2N7O3. The van der Waals surface area contributed by atoms with E-state index in [1.807, 2.05) is 0 Å². The SMILES string of the molecule is CC[C@@H](NC(=O)N1C(=O)[C@H](Cc2cc(C)nc(N)c2)[C@H]1C(=O)N(C)c1cnn(C)c1)c1ccc(F)cc1F. The Bertz CT molecular complexity index is 1370. The molecular weight excluding hydrogens is 496 g/mol. The van der Waals surface area contributed by atoms with Crippen molar-refractivity contribution >= 4 is 29.4 Å². The van der Waals surface area contributed by atoms with Gasteiger partial charge in [0.2, 0.25) is 5.91 Å². The molecule has 0 aliphatic carbocycles. The number of rotatable bonds is 7. The molecule has 1 saturated heterocycles. The zero-order valence-electron chi connectivity index (χ0n) is 21.5. The second-order valence-electron chi connectivity index (χ2n) is 9.35. The molecule has 0 spiro atoms. The first-order chi connectivity index (χ1) is 18.0. The molecule has 38 heavy (non-hydrogen) atoms. The molecule has 1 aliphatic rings. The summed E-state index contributed by atoms with van der Waals surface area (Å²) >= 11 is 0. The number of amides is 4. The van der Waals surface area contributed by atoms with Gasteiger partial charge in [0, 0.05) is 37.6 Å². The first kappa shape index (κ1) is 26.7. The summed E-state index contributed by atoms with van der Waals surface area (Å²) in [6, 6.07) is 3.65. The van der Waals surface area contributed by atoms with Gasteiger partial charge in [-0.15, -0.1) is 0 Å². The number of carbonyl (C=O) groups excluding carboxylic acids is 3. The van der Waals surface area contributed by atoms with E-state index in [-0.39, 0.29) is 24.2 Å². The van der Waals surface area contributed by atoms with Crippen LogP contribution in [-0.4, -0.2) is 50.6 Å². The van der Waals surface area contributed by atoms with Gasteiger partial charge in [-0.2, -0.15) is 5.10 Å². The minimum Gasteiger partial charge on any atom is -0.384 e. The Labute approximate surface area is 218 Å². The average Bonchev–Trinajstić information content (AvgIpc) is 3.29. The highest BCUT2D eigenvalue weighted by molar-refractivity contribution is 6.12. The van der Waals surface area contributed by atoms with Crippen LogP contribution in [0.25, 0.3) is 0 Å². The van der Waals surface area contributed by atoms with E-state index in [0.29, 0.717) is 16.9 Å². The molecule has 10 nitrogen and oxygen atoms in total. The van der Waals surface area contributed by atoms with E-state index in [0.717, 1.165) is 17.0 Å². The molecule has 3 N–H and O–H groups in total. The average molecular weight is 526 g/mol. The van der Waals surface area contributed by atoms with Crippen molar-refractivity contribution in [2.24, 2.45) is 13.0 Å². The largest absolute Gasteiger partial charge is 0.384 e. The van der Waals surface area contributed by atoms with E-state index in [2.05, 4.69) is 15.4 Å². The maximum Gasteiger partial charge on any atom is 0.325 e. The van der Waals surface area contributed by atoms with Gasteiger partial charge in [0.25, 0.3) is 5.91 Å². The number of likely N-dealkylation sites (N-methyl/N-ethyl adjacent to an activating group) is 1. The highest BCUT2D eigenvalue weighted by atomic mass is 19.1. The van der Waals surface area contributed by atoms with Crippen LogP contribution in [0.2, 0.25) is 0 Å². The number of likely N-dealkylation sites (tertiary alicyclic amines) is 1. The summed E-state index contributed by atoms with van der Waals surface area (Å²) in [6.45, 7) is 3.48. The number of aromatic nitrogens is 3. The first-order valence-electron chi connectivity index (χ1n) is 12.1. The fraction of sp³-hybridized carbons (Fsp3) is 0.346. The third-order valence-corrected chi connectivity index (χ3v) is 6.63. The Morgan fingerprint density at radius 1 is 1.24 bits per heavy atom. The van der Waals surface area contributed by atoms with Crippen LogP contribution < -0.4 is 16.0 Å². The second kappa shape index (κ2) is 10.6. The number of anilines is 2. The second-order valence-corrected chi connectivity index (χ2v) is 9.35. The van der Waals surface area contributed by atoms with Crippen molar-refractivity contribution in [2.45, 2.75) is 38.8 Å². The van der Waals surface area contributed by atoms with Crippen molar-refractivity contribution in [3.05, 3.63) is 71.2 Å². The Balaban J connectivity index is 1.62. The van der Waals surface area contributed by atoms with Crippen molar-refractivity contribution in [1.29, 1.82) is 0 Å². The lowest BCUT2D eigenvalue weighted by molar-refractivity contribution is -0.156. The number of nitrogens with two attached hydrogens (primary N) is 1. The van der Waals surface area contributed by atoms with E-state index in [1.54, 1.807) is 39.2 Å². The van der Waals surface area contributed by atoms with E-state index < -0.39 is 47.5 Å². The van der Waals surface area contributed by atoms with Crippen LogP contribution in [0.4, 0.5) is 25.1 Å². The molecule has 0 unspecified atom stereocenters. The number of nitrogens with one attached hydrogen (secondary N) is 1. The Kier molecular flexibility index (Phi) is 7.42. The fourth-order valence-corrected chi connectivity index (χ4v) is 4.71. The molecule has 2 aromatic heterocycles. The van der Waals surface area contributed by atoms with Crippen molar-refractivity contribution in [2.75, 3.05) is 17.7 Å². The minimum absolute atomic E-state index is 0.0739. The summed E-state index contributed by atoms with van der Waals surface area (Å²) in [4.78, 5) is 46.6. The maximum absolute atomic E-state index is 14.4. The van der Waals surface area contributed by atoms with E-state index in [4.69, 9.17) is 5.73 Å². The lowest BCUT2D eigenvalue weighted by Gasteiger charge is -2.46. The predicted molar refractivity (Wildman–Crippen MR) is 136 cm³/mol. The van der Waals surface area contributed by atoms with Crippen LogP contribution in [0, 0.1) is 24.5 Å². The standard InChI is InChI=1S/C26H29F2N7O3/c1-5-21(18-7-6-16(27)11-20(18)28)32-26(38)35-23(25(37)34(4)17-12-30-33(3)13-17)19(24(35)36)9-15-8-14(2)31-22(29)10-15/h6-8,10-13,19,21,23H,5,9H2,1-4H3,(H2,29,31)(H,32,38)/t19-,21-,23+/m1/s1. The molecule has 0 saturated carbocycles. The summed E-state index contributed by atoms with van der Waals surface area (Å²) in [5.41, 5.74) is 7.78. The maximum atomic E-state index is 14.4. The van der Waals surface area contributed by atoms with Gasteiger partial charge >= 0.3 is 6.03 Å². The molecule has 1 fully saturated rings. The third kappa shape index (κ3) is 5.20. The van der Waals surface area contributed by atoms with E-state index >= 15 is 0 Å². The highest BCUT2D eigenvalue weighted by Crippen LogP contribution is 2.34. The monoisotopic (exact) mass is 525 g/mol. The normalized spacial score (nSPS) is 17.6. The van der Waals surface area contributed by atoms with Crippen molar-refractivity contribution in [3.8, 4) is 0 Å². The van der Waals surface area contributed by atoms with Gasteiger partial charge in [-0.25, -0.2) is 18.6 Å². The number of carbonyl (C=O) groups is 3.